The van der Waals surface area contributed by atoms with Crippen molar-refractivity contribution in [3.63, 3.8) is 0 Å². The van der Waals surface area contributed by atoms with E-state index in [4.69, 9.17) is 9.47 Å². The minimum atomic E-state index is -1.00. The zero-order valence-corrected chi connectivity index (χ0v) is 11.5. The summed E-state index contributed by atoms with van der Waals surface area (Å²) >= 11 is 0. The molecule has 0 aromatic heterocycles. The molecule has 4 nitrogen and oxygen atoms in total. The fourth-order valence-electron chi connectivity index (χ4n) is 1.84. The number of anilines is 1. The third-order valence-electron chi connectivity index (χ3n) is 2.87. The molecule has 5 heteroatoms. The van der Waals surface area contributed by atoms with Crippen LogP contribution in [0.2, 0.25) is 0 Å². The largest absolute Gasteiger partial charge is 0.464 e. The Hall–Kier alpha value is -1.62. The molecule has 1 unspecified atom stereocenters. The van der Waals surface area contributed by atoms with Gasteiger partial charge < -0.3 is 14.8 Å². The number of rotatable bonds is 7. The number of halogens is 1. The second-order valence-corrected chi connectivity index (χ2v) is 4.22. The molecule has 0 spiro atoms. The van der Waals surface area contributed by atoms with Crippen molar-refractivity contribution in [2.45, 2.75) is 25.8 Å². The molecule has 0 saturated carbocycles. The van der Waals surface area contributed by atoms with Gasteiger partial charge in [-0.2, -0.15) is 0 Å². The van der Waals surface area contributed by atoms with Gasteiger partial charge in [-0.1, -0.05) is 13.0 Å². The van der Waals surface area contributed by atoms with E-state index in [-0.39, 0.29) is 19.0 Å². The van der Waals surface area contributed by atoms with Crippen LogP contribution in [0.4, 0.5) is 10.1 Å². The zero-order chi connectivity index (χ0) is 14.3. The van der Waals surface area contributed by atoms with Crippen LogP contribution < -0.4 is 5.32 Å². The van der Waals surface area contributed by atoms with Gasteiger partial charge in [0.05, 0.1) is 13.2 Å². The SMILES string of the molecule is CCOC(=O)C(CC)(COC)Nc1cccc(F)c1. The molecule has 0 radical (unpaired) electrons. The molecular formula is C14H20FNO3. The molecule has 19 heavy (non-hydrogen) atoms. The average molecular weight is 269 g/mol. The van der Waals surface area contributed by atoms with Gasteiger partial charge in [-0.3, -0.25) is 0 Å². The summed E-state index contributed by atoms with van der Waals surface area (Å²) in [6.07, 6.45) is 0.468. The Labute approximate surface area is 112 Å². The molecule has 0 fully saturated rings. The van der Waals surface area contributed by atoms with Gasteiger partial charge in [-0.15, -0.1) is 0 Å². The zero-order valence-electron chi connectivity index (χ0n) is 11.5. The van der Waals surface area contributed by atoms with E-state index in [1.165, 1.54) is 19.2 Å². The molecule has 0 aliphatic heterocycles. The highest BCUT2D eigenvalue weighted by Gasteiger charge is 2.38. The Morgan fingerprint density at radius 3 is 2.68 bits per heavy atom. The first-order valence-corrected chi connectivity index (χ1v) is 6.28. The highest BCUT2D eigenvalue weighted by atomic mass is 19.1. The maximum Gasteiger partial charge on any atom is 0.334 e. The summed E-state index contributed by atoms with van der Waals surface area (Å²) in [6, 6.07) is 5.96. The van der Waals surface area contributed by atoms with E-state index in [0.29, 0.717) is 12.1 Å². The Balaban J connectivity index is 2.99. The highest BCUT2D eigenvalue weighted by molar-refractivity contribution is 5.84. The molecule has 0 aliphatic rings. The molecule has 0 heterocycles. The molecule has 0 saturated heterocycles. The minimum absolute atomic E-state index is 0.152. The molecule has 1 N–H and O–H groups in total. The van der Waals surface area contributed by atoms with Gasteiger partial charge in [0.25, 0.3) is 0 Å². The van der Waals surface area contributed by atoms with Crippen molar-refractivity contribution in [3.8, 4) is 0 Å². The summed E-state index contributed by atoms with van der Waals surface area (Å²) < 4.78 is 23.4. The Morgan fingerprint density at radius 1 is 1.42 bits per heavy atom. The van der Waals surface area contributed by atoms with Crippen LogP contribution in [-0.2, 0) is 14.3 Å². The molecule has 106 valence electrons. The molecule has 0 amide bonds. The Morgan fingerprint density at radius 2 is 2.16 bits per heavy atom. The molecule has 1 atom stereocenters. The summed E-state index contributed by atoms with van der Waals surface area (Å²) in [7, 11) is 1.51. The van der Waals surface area contributed by atoms with Crippen molar-refractivity contribution in [3.05, 3.63) is 30.1 Å². The van der Waals surface area contributed by atoms with Crippen LogP contribution in [0.25, 0.3) is 0 Å². The second-order valence-electron chi connectivity index (χ2n) is 4.22. The van der Waals surface area contributed by atoms with Crippen molar-refractivity contribution < 1.29 is 18.7 Å². The number of esters is 1. The van der Waals surface area contributed by atoms with Crippen LogP contribution in [-0.4, -0.2) is 31.8 Å². The standard InChI is InChI=1S/C14H20FNO3/c1-4-14(10-18-3,13(17)19-5-2)16-12-8-6-7-11(15)9-12/h6-9,16H,4-5,10H2,1-3H3. The van der Waals surface area contributed by atoms with Gasteiger partial charge in [0.1, 0.15) is 5.82 Å². The number of hydrogen-bond donors (Lipinski definition) is 1. The number of carbonyl (C=O) groups is 1. The summed E-state index contributed by atoms with van der Waals surface area (Å²) in [4.78, 5) is 12.1. The summed E-state index contributed by atoms with van der Waals surface area (Å²) in [5.74, 6) is -0.764. The Bertz CT molecular complexity index is 425. The summed E-state index contributed by atoms with van der Waals surface area (Å²) in [5.41, 5.74) is -0.481. The third-order valence-corrected chi connectivity index (χ3v) is 2.87. The number of nitrogens with one attached hydrogen (secondary N) is 1. The van der Waals surface area contributed by atoms with E-state index < -0.39 is 11.5 Å². The lowest BCUT2D eigenvalue weighted by Gasteiger charge is -2.31. The minimum Gasteiger partial charge on any atom is -0.464 e. The van der Waals surface area contributed by atoms with Crippen LogP contribution in [0.1, 0.15) is 20.3 Å². The monoisotopic (exact) mass is 269 g/mol. The first-order valence-electron chi connectivity index (χ1n) is 6.28. The van der Waals surface area contributed by atoms with Gasteiger partial charge in [-0.25, -0.2) is 9.18 Å². The number of benzene rings is 1. The first kappa shape index (κ1) is 15.4. The topological polar surface area (TPSA) is 47.6 Å². The maximum atomic E-state index is 13.2. The van der Waals surface area contributed by atoms with Gasteiger partial charge in [0.2, 0.25) is 0 Å². The molecule has 0 aliphatic carbocycles. The average Bonchev–Trinajstić information content (AvgIpc) is 2.38. The number of hydrogen-bond acceptors (Lipinski definition) is 4. The predicted molar refractivity (Wildman–Crippen MR) is 71.6 cm³/mol. The van der Waals surface area contributed by atoms with E-state index in [0.717, 1.165) is 0 Å². The number of ether oxygens (including phenoxy) is 2. The van der Waals surface area contributed by atoms with Crippen LogP contribution in [0, 0.1) is 5.82 Å². The van der Waals surface area contributed by atoms with Gasteiger partial charge in [-0.05, 0) is 31.5 Å². The van der Waals surface area contributed by atoms with Crippen LogP contribution in [0.5, 0.6) is 0 Å². The van der Waals surface area contributed by atoms with Gasteiger partial charge in [0.15, 0.2) is 5.54 Å². The van der Waals surface area contributed by atoms with E-state index in [1.807, 2.05) is 6.92 Å². The molecule has 1 aromatic rings. The van der Waals surface area contributed by atoms with Crippen LogP contribution in [0.3, 0.4) is 0 Å². The Kier molecular flexibility index (Phi) is 5.76. The third kappa shape index (κ3) is 3.92. The van der Waals surface area contributed by atoms with Crippen molar-refractivity contribution >= 4 is 11.7 Å². The fourth-order valence-corrected chi connectivity index (χ4v) is 1.84. The normalized spacial score (nSPS) is 13.7. The predicted octanol–water partition coefficient (Wildman–Crippen LogP) is 2.60. The van der Waals surface area contributed by atoms with Crippen LogP contribution >= 0.6 is 0 Å². The van der Waals surface area contributed by atoms with Crippen LogP contribution in [0.15, 0.2) is 24.3 Å². The summed E-state index contributed by atoms with van der Waals surface area (Å²) in [6.45, 7) is 4.03. The fraction of sp³-hybridized carbons (Fsp3) is 0.500. The number of methoxy groups -OCH3 is 1. The second kappa shape index (κ2) is 7.09. The smallest absolute Gasteiger partial charge is 0.334 e. The van der Waals surface area contributed by atoms with E-state index in [1.54, 1.807) is 19.1 Å². The van der Waals surface area contributed by atoms with Gasteiger partial charge in [0, 0.05) is 12.8 Å². The van der Waals surface area contributed by atoms with Crippen molar-refractivity contribution in [1.29, 1.82) is 0 Å². The quantitative estimate of drug-likeness (QED) is 0.773. The van der Waals surface area contributed by atoms with E-state index in [9.17, 15) is 9.18 Å². The van der Waals surface area contributed by atoms with E-state index in [2.05, 4.69) is 5.32 Å². The summed E-state index contributed by atoms with van der Waals surface area (Å²) in [5, 5.41) is 3.03. The molecular weight excluding hydrogens is 249 g/mol. The lowest BCUT2D eigenvalue weighted by Crippen LogP contribution is -2.50. The number of carbonyl (C=O) groups excluding carboxylic acids is 1. The first-order chi connectivity index (χ1) is 9.07. The molecule has 1 rings (SSSR count). The highest BCUT2D eigenvalue weighted by Crippen LogP contribution is 2.22. The molecule has 0 bridgehead atoms. The van der Waals surface area contributed by atoms with Gasteiger partial charge >= 0.3 is 5.97 Å². The lowest BCUT2D eigenvalue weighted by atomic mass is 9.96. The van der Waals surface area contributed by atoms with Crippen molar-refractivity contribution in [2.24, 2.45) is 0 Å². The lowest BCUT2D eigenvalue weighted by molar-refractivity contribution is -0.150. The molecule has 1 aromatic carbocycles. The van der Waals surface area contributed by atoms with E-state index >= 15 is 0 Å². The van der Waals surface area contributed by atoms with Crippen molar-refractivity contribution in [2.75, 3.05) is 25.6 Å². The van der Waals surface area contributed by atoms with Crippen molar-refractivity contribution in [1.82, 2.24) is 0 Å². The maximum absolute atomic E-state index is 13.2.